The van der Waals surface area contributed by atoms with Crippen molar-refractivity contribution in [3.8, 4) is 5.75 Å². The van der Waals surface area contributed by atoms with Crippen molar-refractivity contribution in [1.82, 2.24) is 4.90 Å². The monoisotopic (exact) mass is 311 g/mol. The molecule has 0 spiro atoms. The molecule has 5 heteroatoms. The van der Waals surface area contributed by atoms with Crippen LogP contribution in [0, 0.1) is 0 Å². The average molecular weight is 311 g/mol. The second-order valence-electron chi connectivity index (χ2n) is 4.95. The SMILES string of the molecule is CCOc1ccc(SCC(=O)N(CCCO)C(C)C)cc1. The summed E-state index contributed by atoms with van der Waals surface area (Å²) in [5.41, 5.74) is 0. The standard InChI is InChI=1S/C16H25NO3S/c1-4-20-14-6-8-15(9-7-14)21-12-16(19)17(13(2)3)10-5-11-18/h6-9,13,18H,4-5,10-12H2,1-3H3. The van der Waals surface area contributed by atoms with Crippen molar-refractivity contribution < 1.29 is 14.6 Å². The molecule has 0 fully saturated rings. The van der Waals surface area contributed by atoms with E-state index in [9.17, 15) is 4.79 Å². The van der Waals surface area contributed by atoms with E-state index in [1.54, 1.807) is 0 Å². The van der Waals surface area contributed by atoms with E-state index in [0.29, 0.717) is 25.3 Å². The van der Waals surface area contributed by atoms with Crippen molar-refractivity contribution in [1.29, 1.82) is 0 Å². The van der Waals surface area contributed by atoms with Crippen LogP contribution >= 0.6 is 11.8 Å². The van der Waals surface area contributed by atoms with E-state index in [1.165, 1.54) is 11.8 Å². The van der Waals surface area contributed by atoms with Gasteiger partial charge in [0.05, 0.1) is 12.4 Å². The predicted molar refractivity (Wildman–Crippen MR) is 86.9 cm³/mol. The van der Waals surface area contributed by atoms with Gasteiger partial charge in [0.1, 0.15) is 5.75 Å². The van der Waals surface area contributed by atoms with Crippen LogP contribution in [0.15, 0.2) is 29.2 Å². The molecule has 118 valence electrons. The fourth-order valence-electron chi connectivity index (χ4n) is 1.94. The van der Waals surface area contributed by atoms with Gasteiger partial charge in [-0.1, -0.05) is 0 Å². The molecule has 0 saturated carbocycles. The number of rotatable bonds is 9. The highest BCUT2D eigenvalue weighted by atomic mass is 32.2. The summed E-state index contributed by atoms with van der Waals surface area (Å²) in [6, 6.07) is 7.93. The van der Waals surface area contributed by atoms with Gasteiger partial charge >= 0.3 is 0 Å². The Morgan fingerprint density at radius 3 is 2.52 bits per heavy atom. The van der Waals surface area contributed by atoms with Crippen LogP contribution in [0.25, 0.3) is 0 Å². The fraction of sp³-hybridized carbons (Fsp3) is 0.562. The zero-order valence-electron chi connectivity index (χ0n) is 13.0. The van der Waals surface area contributed by atoms with Gasteiger partial charge in [0, 0.05) is 24.1 Å². The maximum Gasteiger partial charge on any atom is 0.233 e. The highest BCUT2D eigenvalue weighted by Gasteiger charge is 2.16. The lowest BCUT2D eigenvalue weighted by atomic mass is 10.3. The highest BCUT2D eigenvalue weighted by molar-refractivity contribution is 8.00. The summed E-state index contributed by atoms with van der Waals surface area (Å²) >= 11 is 1.53. The predicted octanol–water partition coefficient (Wildman–Crippen LogP) is 2.80. The molecule has 0 heterocycles. The lowest BCUT2D eigenvalue weighted by molar-refractivity contribution is -0.130. The summed E-state index contributed by atoms with van der Waals surface area (Å²) in [5, 5.41) is 8.90. The van der Waals surface area contributed by atoms with Crippen LogP contribution in [0.2, 0.25) is 0 Å². The van der Waals surface area contributed by atoms with E-state index in [4.69, 9.17) is 9.84 Å². The molecule has 1 rings (SSSR count). The Morgan fingerprint density at radius 2 is 2.00 bits per heavy atom. The molecule has 0 atom stereocenters. The Balaban J connectivity index is 2.50. The third-order valence-electron chi connectivity index (χ3n) is 3.00. The van der Waals surface area contributed by atoms with Crippen LogP contribution in [0.1, 0.15) is 27.2 Å². The Morgan fingerprint density at radius 1 is 1.33 bits per heavy atom. The molecule has 0 bridgehead atoms. The lowest BCUT2D eigenvalue weighted by Gasteiger charge is -2.26. The van der Waals surface area contributed by atoms with Gasteiger partial charge in [-0.05, 0) is 51.5 Å². The van der Waals surface area contributed by atoms with E-state index in [2.05, 4.69) is 0 Å². The molecular formula is C16H25NO3S. The first-order valence-electron chi connectivity index (χ1n) is 7.34. The van der Waals surface area contributed by atoms with Gasteiger partial charge in [0.2, 0.25) is 5.91 Å². The summed E-state index contributed by atoms with van der Waals surface area (Å²) in [7, 11) is 0. The molecule has 0 aliphatic carbocycles. The first-order chi connectivity index (χ1) is 10.1. The van der Waals surface area contributed by atoms with E-state index in [1.807, 2.05) is 49.9 Å². The van der Waals surface area contributed by atoms with E-state index < -0.39 is 0 Å². The van der Waals surface area contributed by atoms with Crippen LogP contribution in [0.5, 0.6) is 5.75 Å². The number of aliphatic hydroxyl groups is 1. The molecule has 0 aromatic heterocycles. The normalized spacial score (nSPS) is 10.7. The summed E-state index contributed by atoms with van der Waals surface area (Å²) in [6.07, 6.45) is 0.623. The van der Waals surface area contributed by atoms with Gasteiger partial charge in [-0.15, -0.1) is 11.8 Å². The first-order valence-corrected chi connectivity index (χ1v) is 8.33. The number of thioether (sulfide) groups is 1. The summed E-state index contributed by atoms with van der Waals surface area (Å²) in [6.45, 7) is 7.32. The molecule has 0 unspecified atom stereocenters. The lowest BCUT2D eigenvalue weighted by Crippen LogP contribution is -2.39. The molecule has 0 saturated heterocycles. The summed E-state index contributed by atoms with van der Waals surface area (Å²) < 4.78 is 5.39. The smallest absolute Gasteiger partial charge is 0.233 e. The minimum absolute atomic E-state index is 0.109. The number of ether oxygens (including phenoxy) is 1. The van der Waals surface area contributed by atoms with Gasteiger partial charge in [-0.3, -0.25) is 4.79 Å². The molecule has 0 radical (unpaired) electrons. The van der Waals surface area contributed by atoms with Crippen molar-refractivity contribution in [2.45, 2.75) is 38.1 Å². The van der Waals surface area contributed by atoms with Crippen molar-refractivity contribution >= 4 is 17.7 Å². The van der Waals surface area contributed by atoms with Gasteiger partial charge in [-0.2, -0.15) is 0 Å². The third kappa shape index (κ3) is 6.40. The minimum atomic E-state index is 0.109. The zero-order chi connectivity index (χ0) is 15.7. The van der Waals surface area contributed by atoms with Crippen LogP contribution in [0.4, 0.5) is 0 Å². The molecule has 1 N–H and O–H groups in total. The second-order valence-corrected chi connectivity index (χ2v) is 6.00. The molecule has 0 aliphatic heterocycles. The molecule has 4 nitrogen and oxygen atoms in total. The van der Waals surface area contributed by atoms with Crippen molar-refractivity contribution in [3.05, 3.63) is 24.3 Å². The Bertz CT molecular complexity index is 420. The summed E-state index contributed by atoms with van der Waals surface area (Å²) in [5.74, 6) is 1.37. The van der Waals surface area contributed by atoms with Crippen molar-refractivity contribution in [2.24, 2.45) is 0 Å². The topological polar surface area (TPSA) is 49.8 Å². The van der Waals surface area contributed by atoms with Crippen molar-refractivity contribution in [3.63, 3.8) is 0 Å². The second kappa shape index (κ2) is 9.68. The van der Waals surface area contributed by atoms with Crippen LogP contribution in [0.3, 0.4) is 0 Å². The first kappa shape index (κ1) is 17.9. The van der Waals surface area contributed by atoms with Crippen molar-refractivity contribution in [2.75, 3.05) is 25.5 Å². The number of amides is 1. The molecule has 21 heavy (non-hydrogen) atoms. The van der Waals surface area contributed by atoms with E-state index in [-0.39, 0.29) is 18.6 Å². The van der Waals surface area contributed by atoms with E-state index >= 15 is 0 Å². The quantitative estimate of drug-likeness (QED) is 0.713. The highest BCUT2D eigenvalue weighted by Crippen LogP contribution is 2.22. The maximum absolute atomic E-state index is 12.2. The largest absolute Gasteiger partial charge is 0.494 e. The molecule has 1 amide bonds. The van der Waals surface area contributed by atoms with Crippen LogP contribution in [-0.4, -0.2) is 47.5 Å². The van der Waals surface area contributed by atoms with Gasteiger partial charge < -0.3 is 14.7 Å². The van der Waals surface area contributed by atoms with Gasteiger partial charge in [-0.25, -0.2) is 0 Å². The Hall–Kier alpha value is -1.20. The van der Waals surface area contributed by atoms with Crippen LogP contribution in [-0.2, 0) is 4.79 Å². The number of benzene rings is 1. The number of hydrogen-bond donors (Lipinski definition) is 1. The Kier molecular flexibility index (Phi) is 8.23. The van der Waals surface area contributed by atoms with Gasteiger partial charge in [0.25, 0.3) is 0 Å². The van der Waals surface area contributed by atoms with Crippen LogP contribution < -0.4 is 4.74 Å². The number of hydrogen-bond acceptors (Lipinski definition) is 4. The molecule has 0 aliphatic rings. The molecule has 1 aromatic carbocycles. The maximum atomic E-state index is 12.2. The summed E-state index contributed by atoms with van der Waals surface area (Å²) in [4.78, 5) is 15.1. The molecular weight excluding hydrogens is 286 g/mol. The minimum Gasteiger partial charge on any atom is -0.494 e. The fourth-order valence-corrected chi connectivity index (χ4v) is 2.72. The number of aliphatic hydroxyl groups excluding tert-OH is 1. The zero-order valence-corrected chi connectivity index (χ0v) is 13.9. The average Bonchev–Trinajstić information content (AvgIpc) is 2.47. The van der Waals surface area contributed by atoms with Gasteiger partial charge in [0.15, 0.2) is 0 Å². The third-order valence-corrected chi connectivity index (χ3v) is 3.99. The number of nitrogens with zero attached hydrogens (tertiary/aromatic N) is 1. The Labute approximate surface area is 131 Å². The van der Waals surface area contributed by atoms with E-state index in [0.717, 1.165) is 10.6 Å². The molecule has 1 aromatic rings. The number of carbonyl (C=O) groups excluding carboxylic acids is 1. The number of carbonyl (C=O) groups is 1.